The standard InChI is InChI=1S/C25H35N7O3SSi/c1-7-36(33,34)31-20-10-8-19(9-11-20)24-21(14-26)25(29-23-16-27-22(15-28-23)18(2)3)32(30-24)17-35-12-13-37(4,5)6/h8-11,15-16,18,31H,7,12-13,17H2,1-6H3,(H,28,29). The maximum atomic E-state index is 11.9. The number of nitrogens with one attached hydrogen (secondary N) is 2. The third-order valence-corrected chi connectivity index (χ3v) is 8.61. The van der Waals surface area contributed by atoms with E-state index in [1.165, 1.54) is 0 Å². The van der Waals surface area contributed by atoms with Gasteiger partial charge in [0.15, 0.2) is 5.82 Å². The Morgan fingerprint density at radius 2 is 1.84 bits per heavy atom. The fraction of sp³-hybridized carbons (Fsp3) is 0.440. The van der Waals surface area contributed by atoms with Crippen LogP contribution in [0.15, 0.2) is 36.7 Å². The topological polar surface area (TPSA) is 135 Å². The van der Waals surface area contributed by atoms with Gasteiger partial charge in [0.25, 0.3) is 0 Å². The second-order valence-electron chi connectivity index (χ2n) is 10.2. The van der Waals surface area contributed by atoms with E-state index < -0.39 is 18.1 Å². The largest absolute Gasteiger partial charge is 0.359 e. The van der Waals surface area contributed by atoms with Crippen LogP contribution in [0.3, 0.4) is 0 Å². The van der Waals surface area contributed by atoms with Gasteiger partial charge in [0.05, 0.1) is 23.8 Å². The molecule has 0 aliphatic carbocycles. The summed E-state index contributed by atoms with van der Waals surface area (Å²) in [5.41, 5.74) is 2.76. The average molecular weight is 542 g/mol. The normalized spacial score (nSPS) is 11.9. The van der Waals surface area contributed by atoms with Crippen molar-refractivity contribution in [1.82, 2.24) is 19.7 Å². The lowest BCUT2D eigenvalue weighted by atomic mass is 10.1. The Kier molecular flexibility index (Phi) is 9.06. The molecule has 2 aromatic heterocycles. The highest BCUT2D eigenvalue weighted by atomic mass is 32.2. The SMILES string of the molecule is CCS(=O)(=O)Nc1ccc(-c2nn(COCC[Si](C)(C)C)c(Nc3cnc(C(C)C)cn3)c2C#N)cc1. The molecular formula is C25H35N7O3SSi. The number of sulfonamides is 1. The summed E-state index contributed by atoms with van der Waals surface area (Å²) in [4.78, 5) is 8.90. The molecule has 3 aromatic rings. The van der Waals surface area contributed by atoms with Gasteiger partial charge in [-0.15, -0.1) is 0 Å². The maximum absolute atomic E-state index is 11.9. The van der Waals surface area contributed by atoms with Crippen LogP contribution in [0.4, 0.5) is 17.3 Å². The van der Waals surface area contributed by atoms with Crippen LogP contribution in [-0.2, 0) is 21.5 Å². The zero-order valence-electron chi connectivity index (χ0n) is 22.2. The summed E-state index contributed by atoms with van der Waals surface area (Å²) in [6, 6.07) is 10.0. The number of hydrogen-bond acceptors (Lipinski definition) is 8. The highest BCUT2D eigenvalue weighted by molar-refractivity contribution is 7.92. The van der Waals surface area contributed by atoms with Crippen LogP contribution in [0, 0.1) is 11.3 Å². The molecule has 0 aliphatic rings. The molecule has 0 bridgehead atoms. The third-order valence-electron chi connectivity index (χ3n) is 5.60. The van der Waals surface area contributed by atoms with Crippen molar-refractivity contribution in [3.8, 4) is 17.3 Å². The average Bonchev–Trinajstić information content (AvgIpc) is 3.18. The van der Waals surface area contributed by atoms with Gasteiger partial charge in [-0.25, -0.2) is 18.1 Å². The molecule has 2 N–H and O–H groups in total. The number of hydrogen-bond donors (Lipinski definition) is 2. The summed E-state index contributed by atoms with van der Waals surface area (Å²) in [5.74, 6) is 1.16. The molecule has 12 heteroatoms. The molecule has 3 rings (SSSR count). The smallest absolute Gasteiger partial charge is 0.232 e. The van der Waals surface area contributed by atoms with Crippen molar-refractivity contribution in [2.45, 2.75) is 59.1 Å². The molecule has 37 heavy (non-hydrogen) atoms. The Hall–Kier alpha value is -3.27. The Morgan fingerprint density at radius 3 is 2.38 bits per heavy atom. The van der Waals surface area contributed by atoms with E-state index >= 15 is 0 Å². The summed E-state index contributed by atoms with van der Waals surface area (Å²) in [5, 5.41) is 18.0. The van der Waals surface area contributed by atoms with Gasteiger partial charge in [0, 0.05) is 25.9 Å². The molecule has 0 radical (unpaired) electrons. The van der Waals surface area contributed by atoms with Crippen molar-refractivity contribution >= 4 is 35.4 Å². The number of aromatic nitrogens is 4. The van der Waals surface area contributed by atoms with Gasteiger partial charge >= 0.3 is 0 Å². The van der Waals surface area contributed by atoms with Gasteiger partial charge in [0.1, 0.15) is 29.9 Å². The molecule has 0 unspecified atom stereocenters. The van der Waals surface area contributed by atoms with Gasteiger partial charge < -0.3 is 10.1 Å². The van der Waals surface area contributed by atoms with Crippen LogP contribution >= 0.6 is 0 Å². The first-order chi connectivity index (χ1) is 17.4. The molecule has 0 fully saturated rings. The number of anilines is 3. The lowest BCUT2D eigenvalue weighted by Crippen LogP contribution is -2.22. The van der Waals surface area contributed by atoms with Crippen LogP contribution in [0.2, 0.25) is 25.7 Å². The van der Waals surface area contributed by atoms with Crippen molar-refractivity contribution in [2.75, 3.05) is 22.4 Å². The van der Waals surface area contributed by atoms with Gasteiger partial charge in [0.2, 0.25) is 10.0 Å². The minimum Gasteiger partial charge on any atom is -0.359 e. The van der Waals surface area contributed by atoms with E-state index in [2.05, 4.69) is 50.8 Å². The summed E-state index contributed by atoms with van der Waals surface area (Å²) >= 11 is 0. The first kappa shape index (κ1) is 28.3. The molecule has 10 nitrogen and oxygen atoms in total. The predicted molar refractivity (Wildman–Crippen MR) is 149 cm³/mol. The van der Waals surface area contributed by atoms with Crippen LogP contribution in [0.1, 0.15) is 37.9 Å². The predicted octanol–water partition coefficient (Wildman–Crippen LogP) is 5.15. The first-order valence-electron chi connectivity index (χ1n) is 12.2. The Bertz CT molecular complexity index is 1340. The summed E-state index contributed by atoms with van der Waals surface area (Å²) in [7, 11) is -4.66. The molecule has 0 aliphatic heterocycles. The quantitative estimate of drug-likeness (QED) is 0.237. The lowest BCUT2D eigenvalue weighted by molar-refractivity contribution is 0.0802. The van der Waals surface area contributed by atoms with Gasteiger partial charge in [-0.3, -0.25) is 9.71 Å². The van der Waals surface area contributed by atoms with Crippen molar-refractivity contribution in [2.24, 2.45) is 0 Å². The number of ether oxygens (including phenoxy) is 1. The summed E-state index contributed by atoms with van der Waals surface area (Å²) < 4.78 is 33.8. The third kappa shape index (κ3) is 7.85. The van der Waals surface area contributed by atoms with Gasteiger partial charge in [-0.2, -0.15) is 10.4 Å². The molecule has 0 atom stereocenters. The number of nitrogens with zero attached hydrogens (tertiary/aromatic N) is 5. The van der Waals surface area contributed by atoms with Gasteiger partial charge in [-0.05, 0) is 31.0 Å². The fourth-order valence-electron chi connectivity index (χ4n) is 3.29. The van der Waals surface area contributed by atoms with Crippen LogP contribution in [-0.4, -0.2) is 48.6 Å². The number of nitriles is 1. The van der Waals surface area contributed by atoms with Crippen LogP contribution < -0.4 is 10.0 Å². The zero-order valence-corrected chi connectivity index (χ0v) is 24.1. The highest BCUT2D eigenvalue weighted by Gasteiger charge is 2.21. The molecule has 0 saturated carbocycles. The van der Waals surface area contributed by atoms with E-state index in [9.17, 15) is 13.7 Å². The summed E-state index contributed by atoms with van der Waals surface area (Å²) in [6.45, 7) is 13.3. The van der Waals surface area contributed by atoms with Gasteiger partial charge in [-0.1, -0.05) is 45.6 Å². The minimum absolute atomic E-state index is 0.0223. The van der Waals surface area contributed by atoms with E-state index in [1.54, 1.807) is 48.3 Å². The number of rotatable bonds is 12. The molecule has 198 valence electrons. The monoisotopic (exact) mass is 541 g/mol. The number of benzene rings is 1. The first-order valence-corrected chi connectivity index (χ1v) is 17.6. The zero-order chi connectivity index (χ0) is 27.2. The van der Waals surface area contributed by atoms with E-state index in [1.807, 2.05) is 13.8 Å². The van der Waals surface area contributed by atoms with E-state index in [-0.39, 0.29) is 18.4 Å². The Balaban J connectivity index is 1.94. The van der Waals surface area contributed by atoms with E-state index in [0.717, 1.165) is 11.7 Å². The lowest BCUT2D eigenvalue weighted by Gasteiger charge is -2.16. The molecule has 1 aromatic carbocycles. The molecular weight excluding hydrogens is 506 g/mol. The molecule has 0 saturated heterocycles. The second-order valence-corrected chi connectivity index (χ2v) is 17.9. The molecule has 0 spiro atoms. The Morgan fingerprint density at radius 1 is 1.14 bits per heavy atom. The van der Waals surface area contributed by atoms with Crippen LogP contribution in [0.5, 0.6) is 0 Å². The van der Waals surface area contributed by atoms with Crippen molar-refractivity contribution in [3.63, 3.8) is 0 Å². The summed E-state index contributed by atoms with van der Waals surface area (Å²) in [6.07, 6.45) is 3.34. The van der Waals surface area contributed by atoms with Crippen molar-refractivity contribution in [1.29, 1.82) is 5.26 Å². The molecule has 2 heterocycles. The van der Waals surface area contributed by atoms with E-state index in [4.69, 9.17) is 4.74 Å². The Labute approximate surface area is 220 Å². The van der Waals surface area contributed by atoms with Crippen molar-refractivity contribution in [3.05, 3.63) is 47.9 Å². The maximum Gasteiger partial charge on any atom is 0.232 e. The fourth-order valence-corrected chi connectivity index (χ4v) is 4.69. The van der Waals surface area contributed by atoms with Crippen LogP contribution in [0.25, 0.3) is 11.3 Å². The molecule has 0 amide bonds. The minimum atomic E-state index is -3.39. The second kappa shape index (κ2) is 11.8. The van der Waals surface area contributed by atoms with Crippen molar-refractivity contribution < 1.29 is 13.2 Å². The van der Waals surface area contributed by atoms with E-state index in [0.29, 0.717) is 40.8 Å². The highest BCUT2D eigenvalue weighted by Crippen LogP contribution is 2.31.